The van der Waals surface area contributed by atoms with E-state index in [0.29, 0.717) is 18.8 Å². The molecule has 7 nitrogen and oxygen atoms in total. The van der Waals surface area contributed by atoms with Gasteiger partial charge in [0.15, 0.2) is 5.02 Å². The summed E-state index contributed by atoms with van der Waals surface area (Å²) in [6, 6.07) is 4.79. The van der Waals surface area contributed by atoms with Gasteiger partial charge in [0, 0.05) is 13.0 Å². The third-order valence-corrected chi connectivity index (χ3v) is 5.36. The van der Waals surface area contributed by atoms with Gasteiger partial charge in [0.05, 0.1) is 24.9 Å². The highest BCUT2D eigenvalue weighted by Crippen LogP contribution is 2.34. The van der Waals surface area contributed by atoms with Crippen LogP contribution in [0.5, 0.6) is 11.8 Å². The topological polar surface area (TPSA) is 82.6 Å². The molecular formula is C22H25ClF3N3O4. The molecule has 1 atom stereocenters. The summed E-state index contributed by atoms with van der Waals surface area (Å²) in [6.45, 7) is 4.03. The van der Waals surface area contributed by atoms with Crippen LogP contribution in [-0.4, -0.2) is 41.2 Å². The van der Waals surface area contributed by atoms with Gasteiger partial charge in [-0.05, 0) is 43.4 Å². The number of alkyl halides is 3. The number of aromatic nitrogens is 2. The first-order valence-electron chi connectivity index (χ1n) is 10.4. The molecule has 1 aliphatic rings. The maximum atomic E-state index is 12.9. The second-order valence-electron chi connectivity index (χ2n) is 7.99. The van der Waals surface area contributed by atoms with E-state index in [1.165, 1.54) is 25.4 Å². The van der Waals surface area contributed by atoms with Crippen molar-refractivity contribution in [3.63, 3.8) is 0 Å². The fraction of sp³-hybridized carbons (Fsp3) is 0.500. The van der Waals surface area contributed by atoms with Gasteiger partial charge in [-0.3, -0.25) is 4.79 Å². The Morgan fingerprint density at radius 3 is 2.61 bits per heavy atom. The van der Waals surface area contributed by atoms with E-state index < -0.39 is 11.7 Å². The van der Waals surface area contributed by atoms with Gasteiger partial charge in [0.25, 0.3) is 0 Å². The smallest absolute Gasteiger partial charge is 0.416 e. The van der Waals surface area contributed by atoms with Gasteiger partial charge < -0.3 is 19.5 Å². The molecule has 1 saturated carbocycles. The van der Waals surface area contributed by atoms with Crippen LogP contribution in [0.2, 0.25) is 5.02 Å². The van der Waals surface area contributed by atoms with Crippen LogP contribution >= 0.6 is 11.6 Å². The van der Waals surface area contributed by atoms with Crippen molar-refractivity contribution in [3.8, 4) is 11.8 Å². The third-order valence-electron chi connectivity index (χ3n) is 5.04. The van der Waals surface area contributed by atoms with Crippen LogP contribution in [0.25, 0.3) is 0 Å². The van der Waals surface area contributed by atoms with Gasteiger partial charge in [0.2, 0.25) is 17.7 Å². The van der Waals surface area contributed by atoms with Crippen molar-refractivity contribution < 1.29 is 32.2 Å². The molecule has 180 valence electrons. The number of rotatable bonds is 10. The number of hydrogen-bond donors (Lipinski definition) is 1. The quantitative estimate of drug-likeness (QED) is 0.534. The summed E-state index contributed by atoms with van der Waals surface area (Å²) in [6.07, 6.45) is -1.47. The lowest BCUT2D eigenvalue weighted by Crippen LogP contribution is -2.40. The number of nitrogens with zero attached hydrogens (tertiary/aromatic N) is 2. The maximum absolute atomic E-state index is 12.9. The standard InChI is InChI=1S/C22H25ClF3N3O4/c1-13(29-14(2)30)9-31-18-7-16(8-18)11-33-21-19(23)20(27-12-28-21)32-10-15-4-3-5-17(6-15)22(24,25)26/h3-6,12-13,16,18H,7-11H2,1-2H3,(H,29,30)/t13-,16?,18?/m0/s1. The van der Waals surface area contributed by atoms with Crippen LogP contribution in [0, 0.1) is 5.92 Å². The number of nitrogens with one attached hydrogen (secondary N) is 1. The Hall–Kier alpha value is -2.59. The summed E-state index contributed by atoms with van der Waals surface area (Å²) in [4.78, 5) is 19.0. The van der Waals surface area contributed by atoms with Crippen molar-refractivity contribution in [2.75, 3.05) is 13.2 Å². The van der Waals surface area contributed by atoms with Crippen molar-refractivity contribution in [2.24, 2.45) is 5.92 Å². The zero-order chi connectivity index (χ0) is 24.0. The van der Waals surface area contributed by atoms with Crippen molar-refractivity contribution in [1.29, 1.82) is 0 Å². The highest BCUT2D eigenvalue weighted by atomic mass is 35.5. The lowest BCUT2D eigenvalue weighted by atomic mass is 9.83. The monoisotopic (exact) mass is 487 g/mol. The molecule has 1 fully saturated rings. The molecule has 0 radical (unpaired) electrons. The van der Waals surface area contributed by atoms with Crippen LogP contribution in [0.1, 0.15) is 37.8 Å². The van der Waals surface area contributed by atoms with E-state index in [9.17, 15) is 18.0 Å². The van der Waals surface area contributed by atoms with E-state index in [-0.39, 0.29) is 47.4 Å². The van der Waals surface area contributed by atoms with Crippen LogP contribution < -0.4 is 14.8 Å². The van der Waals surface area contributed by atoms with Gasteiger partial charge in [-0.2, -0.15) is 13.2 Å². The highest BCUT2D eigenvalue weighted by molar-refractivity contribution is 6.33. The van der Waals surface area contributed by atoms with E-state index in [1.807, 2.05) is 6.92 Å². The molecule has 0 spiro atoms. The third kappa shape index (κ3) is 7.46. The molecule has 2 aromatic rings. The Kier molecular flexibility index (Phi) is 8.36. The first kappa shape index (κ1) is 25.0. The molecule has 0 aliphatic heterocycles. The average Bonchev–Trinajstić information content (AvgIpc) is 2.71. The number of amides is 1. The van der Waals surface area contributed by atoms with Gasteiger partial charge in [-0.15, -0.1) is 0 Å². The summed E-state index contributed by atoms with van der Waals surface area (Å²) in [5, 5.41) is 2.82. The van der Waals surface area contributed by atoms with Crippen molar-refractivity contribution in [3.05, 3.63) is 46.7 Å². The lowest BCUT2D eigenvalue weighted by molar-refractivity contribution is -0.137. The van der Waals surface area contributed by atoms with E-state index in [2.05, 4.69) is 15.3 Å². The first-order valence-corrected chi connectivity index (χ1v) is 10.8. The zero-order valence-electron chi connectivity index (χ0n) is 18.2. The Labute approximate surface area is 194 Å². The Bertz CT molecular complexity index is 955. The molecule has 0 saturated heterocycles. The van der Waals surface area contributed by atoms with Gasteiger partial charge >= 0.3 is 6.18 Å². The van der Waals surface area contributed by atoms with Crippen molar-refractivity contribution >= 4 is 17.5 Å². The van der Waals surface area contributed by atoms with Gasteiger partial charge in [0.1, 0.15) is 12.9 Å². The first-order chi connectivity index (χ1) is 15.6. The molecule has 3 rings (SSSR count). The molecule has 1 amide bonds. The van der Waals surface area contributed by atoms with Gasteiger partial charge in [-0.1, -0.05) is 23.7 Å². The van der Waals surface area contributed by atoms with Gasteiger partial charge in [-0.25, -0.2) is 9.97 Å². The number of hydrogen-bond acceptors (Lipinski definition) is 6. The maximum Gasteiger partial charge on any atom is 0.416 e. The minimum atomic E-state index is -4.43. The molecule has 1 aliphatic carbocycles. The Balaban J connectivity index is 1.45. The Morgan fingerprint density at radius 1 is 1.24 bits per heavy atom. The fourth-order valence-corrected chi connectivity index (χ4v) is 3.55. The normalized spacial score (nSPS) is 18.8. The molecule has 1 heterocycles. The second kappa shape index (κ2) is 11.0. The van der Waals surface area contributed by atoms with E-state index in [0.717, 1.165) is 25.0 Å². The average molecular weight is 488 g/mol. The highest BCUT2D eigenvalue weighted by Gasteiger charge is 2.32. The van der Waals surface area contributed by atoms with Crippen LogP contribution in [-0.2, 0) is 22.3 Å². The number of halogens is 4. The summed E-state index contributed by atoms with van der Waals surface area (Å²) < 4.78 is 55.5. The largest absolute Gasteiger partial charge is 0.476 e. The minimum Gasteiger partial charge on any atom is -0.476 e. The molecular weight excluding hydrogens is 463 g/mol. The molecule has 1 aromatic heterocycles. The fourth-order valence-electron chi connectivity index (χ4n) is 3.34. The van der Waals surface area contributed by atoms with Crippen LogP contribution in [0.15, 0.2) is 30.6 Å². The summed E-state index contributed by atoms with van der Waals surface area (Å²) >= 11 is 6.26. The van der Waals surface area contributed by atoms with E-state index in [4.69, 9.17) is 25.8 Å². The number of benzene rings is 1. The molecule has 0 bridgehead atoms. The number of carbonyl (C=O) groups is 1. The van der Waals surface area contributed by atoms with E-state index in [1.54, 1.807) is 0 Å². The van der Waals surface area contributed by atoms with Crippen molar-refractivity contribution in [2.45, 2.75) is 51.6 Å². The second-order valence-corrected chi connectivity index (χ2v) is 8.37. The molecule has 1 aromatic carbocycles. The molecule has 1 N–H and O–H groups in total. The minimum absolute atomic E-state index is 0.0286. The zero-order valence-corrected chi connectivity index (χ0v) is 18.9. The van der Waals surface area contributed by atoms with E-state index >= 15 is 0 Å². The molecule has 33 heavy (non-hydrogen) atoms. The Morgan fingerprint density at radius 2 is 1.94 bits per heavy atom. The predicted octanol–water partition coefficient (Wildman–Crippen LogP) is 4.43. The van der Waals surface area contributed by atoms with Crippen molar-refractivity contribution in [1.82, 2.24) is 15.3 Å². The van der Waals surface area contributed by atoms with Crippen LogP contribution in [0.3, 0.4) is 0 Å². The summed E-state index contributed by atoms with van der Waals surface area (Å²) in [7, 11) is 0. The molecule has 0 unspecified atom stereocenters. The lowest BCUT2D eigenvalue weighted by Gasteiger charge is -2.35. The summed E-state index contributed by atoms with van der Waals surface area (Å²) in [5.41, 5.74) is -0.427. The SMILES string of the molecule is CC(=O)N[C@@H](C)COC1CC(COc2ncnc(OCc3cccc(C(F)(F)F)c3)c2Cl)C1. The number of ether oxygens (including phenoxy) is 3. The molecule has 11 heteroatoms. The predicted molar refractivity (Wildman–Crippen MR) is 114 cm³/mol. The number of carbonyl (C=O) groups excluding carboxylic acids is 1. The van der Waals surface area contributed by atoms with Crippen LogP contribution in [0.4, 0.5) is 13.2 Å². The summed E-state index contributed by atoms with van der Waals surface area (Å²) in [5.74, 6) is 0.354.